The molecule has 3 aromatic carbocycles. The Morgan fingerprint density at radius 2 is 1.69 bits per heavy atom. The van der Waals surface area contributed by atoms with Gasteiger partial charge >= 0.3 is 6.03 Å². The van der Waals surface area contributed by atoms with E-state index in [9.17, 15) is 9.59 Å². The van der Waals surface area contributed by atoms with E-state index in [2.05, 4.69) is 5.32 Å². The number of benzene rings is 3. The first kappa shape index (κ1) is 19.0. The van der Waals surface area contributed by atoms with E-state index in [1.54, 1.807) is 28.0 Å². The standard InChI is InChI=1S/C23H20ClN3O2/c24-18-9-6-10-19(15-18)27-14-13-26(23(27)29)16-22(28)25-21-12-5-4-11-20(21)17-7-2-1-3-8-17/h1-12,15H,13-14,16H2,(H,25,28). The van der Waals surface area contributed by atoms with Crippen LogP contribution >= 0.6 is 11.6 Å². The summed E-state index contributed by atoms with van der Waals surface area (Å²) in [7, 11) is 0. The number of hydrogen-bond donors (Lipinski definition) is 1. The number of rotatable bonds is 5. The second-order valence-electron chi connectivity index (χ2n) is 6.80. The topological polar surface area (TPSA) is 52.7 Å². The van der Waals surface area contributed by atoms with Crippen molar-refractivity contribution in [2.24, 2.45) is 0 Å². The molecule has 0 atom stereocenters. The van der Waals surface area contributed by atoms with Crippen molar-refractivity contribution in [3.8, 4) is 11.1 Å². The molecule has 1 aliphatic rings. The zero-order valence-electron chi connectivity index (χ0n) is 15.7. The number of hydrogen-bond acceptors (Lipinski definition) is 2. The summed E-state index contributed by atoms with van der Waals surface area (Å²) < 4.78 is 0. The van der Waals surface area contributed by atoms with E-state index in [1.807, 2.05) is 60.7 Å². The maximum absolute atomic E-state index is 12.7. The third kappa shape index (κ3) is 4.25. The third-order valence-corrected chi connectivity index (χ3v) is 5.07. The minimum atomic E-state index is -0.227. The average molecular weight is 406 g/mol. The van der Waals surface area contributed by atoms with Gasteiger partial charge in [0.25, 0.3) is 0 Å². The highest BCUT2D eigenvalue weighted by molar-refractivity contribution is 6.30. The summed E-state index contributed by atoms with van der Waals surface area (Å²) >= 11 is 6.03. The van der Waals surface area contributed by atoms with E-state index < -0.39 is 0 Å². The molecule has 1 saturated heterocycles. The molecule has 0 unspecified atom stereocenters. The molecule has 6 heteroatoms. The maximum Gasteiger partial charge on any atom is 0.325 e. The van der Waals surface area contributed by atoms with Gasteiger partial charge in [0, 0.05) is 35.1 Å². The quantitative estimate of drug-likeness (QED) is 0.657. The van der Waals surface area contributed by atoms with Crippen LogP contribution in [-0.4, -0.2) is 36.5 Å². The first-order chi connectivity index (χ1) is 14.1. The van der Waals surface area contributed by atoms with Gasteiger partial charge in [-0.05, 0) is 29.8 Å². The van der Waals surface area contributed by atoms with Crippen LogP contribution < -0.4 is 10.2 Å². The summed E-state index contributed by atoms with van der Waals surface area (Å²) in [5.41, 5.74) is 3.42. The Kier molecular flexibility index (Phi) is 5.49. The van der Waals surface area contributed by atoms with Gasteiger partial charge in [0.15, 0.2) is 0 Å². The molecular formula is C23H20ClN3O2. The number of urea groups is 1. The first-order valence-electron chi connectivity index (χ1n) is 9.38. The molecule has 4 rings (SSSR count). The maximum atomic E-state index is 12.7. The van der Waals surface area contributed by atoms with Gasteiger partial charge in [-0.3, -0.25) is 9.69 Å². The first-order valence-corrected chi connectivity index (χ1v) is 9.76. The zero-order valence-corrected chi connectivity index (χ0v) is 16.5. The van der Waals surface area contributed by atoms with Crippen molar-refractivity contribution in [3.63, 3.8) is 0 Å². The molecule has 1 heterocycles. The van der Waals surface area contributed by atoms with Crippen LogP contribution in [0.25, 0.3) is 11.1 Å². The molecule has 0 bridgehead atoms. The Hall–Kier alpha value is -3.31. The largest absolute Gasteiger partial charge is 0.325 e. The summed E-state index contributed by atoms with van der Waals surface area (Å²) in [6.45, 7) is 1.01. The summed E-state index contributed by atoms with van der Waals surface area (Å²) in [6.07, 6.45) is 0. The molecule has 3 aromatic rings. The van der Waals surface area contributed by atoms with E-state index in [0.29, 0.717) is 18.1 Å². The monoisotopic (exact) mass is 405 g/mol. The number of nitrogens with zero attached hydrogens (tertiary/aromatic N) is 2. The van der Waals surface area contributed by atoms with Crippen LogP contribution in [0.1, 0.15) is 0 Å². The SMILES string of the molecule is O=C(CN1CCN(c2cccc(Cl)c2)C1=O)Nc1ccccc1-c1ccccc1. The molecule has 0 radical (unpaired) electrons. The van der Waals surface area contributed by atoms with Crippen molar-refractivity contribution in [1.82, 2.24) is 4.90 Å². The number of carbonyl (C=O) groups is 2. The van der Waals surface area contributed by atoms with E-state index >= 15 is 0 Å². The smallest absolute Gasteiger partial charge is 0.324 e. The lowest BCUT2D eigenvalue weighted by Gasteiger charge is -2.19. The molecule has 0 spiro atoms. The fourth-order valence-corrected chi connectivity index (χ4v) is 3.62. The van der Waals surface area contributed by atoms with Gasteiger partial charge in [0.05, 0.1) is 0 Å². The van der Waals surface area contributed by atoms with Crippen LogP contribution in [-0.2, 0) is 4.79 Å². The van der Waals surface area contributed by atoms with Gasteiger partial charge in [0.1, 0.15) is 6.54 Å². The minimum Gasteiger partial charge on any atom is -0.324 e. The lowest BCUT2D eigenvalue weighted by atomic mass is 10.0. The second kappa shape index (κ2) is 8.37. The fraction of sp³-hybridized carbons (Fsp3) is 0.130. The minimum absolute atomic E-state index is 0.000969. The Balaban J connectivity index is 1.44. The van der Waals surface area contributed by atoms with Gasteiger partial charge in [-0.25, -0.2) is 4.79 Å². The van der Waals surface area contributed by atoms with Crippen molar-refractivity contribution in [3.05, 3.63) is 83.9 Å². The number of carbonyl (C=O) groups excluding carboxylic acids is 2. The van der Waals surface area contributed by atoms with Crippen molar-refractivity contribution >= 4 is 34.9 Å². The summed E-state index contributed by atoms with van der Waals surface area (Å²) in [4.78, 5) is 28.6. The number of amides is 3. The predicted octanol–water partition coefficient (Wildman–Crippen LogP) is 4.89. The molecule has 1 N–H and O–H groups in total. The Bertz CT molecular complexity index is 1040. The van der Waals surface area contributed by atoms with Gasteiger partial charge < -0.3 is 10.2 Å². The summed E-state index contributed by atoms with van der Waals surface area (Å²) in [5.74, 6) is -0.227. The van der Waals surface area contributed by atoms with Gasteiger partial charge in [-0.1, -0.05) is 66.2 Å². The molecule has 0 aromatic heterocycles. The van der Waals surface area contributed by atoms with Crippen molar-refractivity contribution in [2.75, 3.05) is 29.9 Å². The Morgan fingerprint density at radius 3 is 2.48 bits per heavy atom. The Labute approximate surface area is 174 Å². The predicted molar refractivity (Wildman–Crippen MR) is 116 cm³/mol. The zero-order chi connectivity index (χ0) is 20.2. The number of anilines is 2. The molecule has 0 saturated carbocycles. The van der Waals surface area contributed by atoms with Crippen LogP contribution in [0.3, 0.4) is 0 Å². The molecule has 146 valence electrons. The van der Waals surface area contributed by atoms with Crippen molar-refractivity contribution < 1.29 is 9.59 Å². The number of nitrogens with one attached hydrogen (secondary N) is 1. The van der Waals surface area contributed by atoms with Crippen LogP contribution in [0.4, 0.5) is 16.2 Å². The third-order valence-electron chi connectivity index (χ3n) is 4.84. The normalized spacial score (nSPS) is 13.6. The molecular weight excluding hydrogens is 386 g/mol. The van der Waals surface area contributed by atoms with Crippen molar-refractivity contribution in [2.45, 2.75) is 0 Å². The average Bonchev–Trinajstić information content (AvgIpc) is 3.09. The van der Waals surface area contributed by atoms with E-state index in [0.717, 1.165) is 22.5 Å². The lowest BCUT2D eigenvalue weighted by molar-refractivity contribution is -0.116. The summed E-state index contributed by atoms with van der Waals surface area (Å²) in [5, 5.41) is 3.52. The number of para-hydroxylation sites is 1. The molecule has 5 nitrogen and oxygen atoms in total. The summed E-state index contributed by atoms with van der Waals surface area (Å²) in [6, 6.07) is 24.5. The molecule has 1 fully saturated rings. The van der Waals surface area contributed by atoms with Gasteiger partial charge in [0.2, 0.25) is 5.91 Å². The highest BCUT2D eigenvalue weighted by atomic mass is 35.5. The van der Waals surface area contributed by atoms with E-state index in [4.69, 9.17) is 11.6 Å². The van der Waals surface area contributed by atoms with Gasteiger partial charge in [-0.15, -0.1) is 0 Å². The van der Waals surface area contributed by atoms with Crippen molar-refractivity contribution in [1.29, 1.82) is 0 Å². The van der Waals surface area contributed by atoms with E-state index in [-0.39, 0.29) is 18.5 Å². The van der Waals surface area contributed by atoms with Crippen LogP contribution in [0, 0.1) is 0 Å². The lowest BCUT2D eigenvalue weighted by Crippen LogP contribution is -2.37. The highest BCUT2D eigenvalue weighted by Gasteiger charge is 2.31. The Morgan fingerprint density at radius 1 is 0.931 bits per heavy atom. The van der Waals surface area contributed by atoms with Crippen LogP contribution in [0.5, 0.6) is 0 Å². The van der Waals surface area contributed by atoms with Gasteiger partial charge in [-0.2, -0.15) is 0 Å². The second-order valence-corrected chi connectivity index (χ2v) is 7.23. The number of halogens is 1. The van der Waals surface area contributed by atoms with Crippen LogP contribution in [0.2, 0.25) is 5.02 Å². The fourth-order valence-electron chi connectivity index (χ4n) is 3.44. The van der Waals surface area contributed by atoms with E-state index in [1.165, 1.54) is 0 Å². The molecule has 0 aliphatic carbocycles. The molecule has 29 heavy (non-hydrogen) atoms. The molecule has 1 aliphatic heterocycles. The van der Waals surface area contributed by atoms with Crippen LogP contribution in [0.15, 0.2) is 78.9 Å². The highest BCUT2D eigenvalue weighted by Crippen LogP contribution is 2.28. The molecule has 3 amide bonds.